The molecule has 168 valence electrons. The van der Waals surface area contributed by atoms with Crippen LogP contribution in [-0.2, 0) is 19.0 Å². The number of nitrogens with one attached hydrogen (secondary N) is 2. The van der Waals surface area contributed by atoms with Crippen molar-refractivity contribution in [3.05, 3.63) is 69.8 Å². The summed E-state index contributed by atoms with van der Waals surface area (Å²) in [6.45, 7) is -0.208. The molecule has 2 N–H and O–H groups in total. The number of non-ortho nitro benzene ring substituents is 1. The van der Waals surface area contributed by atoms with Gasteiger partial charge in [-0.2, -0.15) is 8.42 Å². The normalized spacial score (nSPS) is 15.8. The molecule has 12 nitrogen and oxygen atoms in total. The summed E-state index contributed by atoms with van der Waals surface area (Å²) >= 11 is 0. The van der Waals surface area contributed by atoms with Crippen molar-refractivity contribution in [1.29, 1.82) is 5.41 Å². The minimum atomic E-state index is -3.66. The highest BCUT2D eigenvalue weighted by atomic mass is 32.2. The highest BCUT2D eigenvalue weighted by Crippen LogP contribution is 2.22. The smallest absolute Gasteiger partial charge is 0.414 e. The van der Waals surface area contributed by atoms with Crippen LogP contribution in [0, 0.1) is 15.5 Å². The third kappa shape index (κ3) is 5.65. The molecule has 13 heteroatoms. The van der Waals surface area contributed by atoms with E-state index in [-0.39, 0.29) is 30.2 Å². The number of nitro benzene ring substituents is 1. The van der Waals surface area contributed by atoms with Crippen LogP contribution in [-0.4, -0.2) is 56.7 Å². The van der Waals surface area contributed by atoms with Crippen LogP contribution in [0.2, 0.25) is 0 Å². The fourth-order valence-electron chi connectivity index (χ4n) is 2.82. The number of nitro groups is 1. The molecule has 2 amide bonds. The summed E-state index contributed by atoms with van der Waals surface area (Å²) in [5, 5.41) is 21.1. The first-order valence-corrected chi connectivity index (χ1v) is 10.9. The molecule has 0 aromatic heterocycles. The van der Waals surface area contributed by atoms with Gasteiger partial charge in [-0.3, -0.25) is 29.4 Å². The first kappa shape index (κ1) is 22.8. The van der Waals surface area contributed by atoms with Gasteiger partial charge in [0.15, 0.2) is 0 Å². The number of ether oxygens (including phenoxy) is 1. The lowest BCUT2D eigenvalue weighted by atomic mass is 10.1. The zero-order valence-corrected chi connectivity index (χ0v) is 17.5. The van der Waals surface area contributed by atoms with Gasteiger partial charge >= 0.3 is 6.09 Å². The standard InChI is InChI=1S/C19H18N4O8S/c1-32(28,29)30-11-16-10-22(19(25)31-16)14-6-2-12(3-7-14)17(20)21-18(24)13-4-8-15(9-5-13)23(26)27/h2-9,16H,10-11H2,1H3,(H2,20,21,24). The van der Waals surface area contributed by atoms with E-state index in [1.165, 1.54) is 41.3 Å². The Labute approximate surface area is 182 Å². The second-order valence-electron chi connectivity index (χ2n) is 6.78. The zero-order valence-electron chi connectivity index (χ0n) is 16.7. The summed E-state index contributed by atoms with van der Waals surface area (Å²) in [5.41, 5.74) is 0.806. The second-order valence-corrected chi connectivity index (χ2v) is 8.43. The van der Waals surface area contributed by atoms with Crippen LogP contribution < -0.4 is 10.2 Å². The zero-order chi connectivity index (χ0) is 23.5. The van der Waals surface area contributed by atoms with E-state index in [2.05, 4.69) is 9.50 Å². The van der Waals surface area contributed by atoms with Crippen LogP contribution in [0.4, 0.5) is 16.2 Å². The molecule has 0 bridgehead atoms. The number of carbonyl (C=O) groups excluding carboxylic acids is 2. The van der Waals surface area contributed by atoms with Gasteiger partial charge in [0.25, 0.3) is 21.7 Å². The molecule has 0 spiro atoms. The molecule has 32 heavy (non-hydrogen) atoms. The summed E-state index contributed by atoms with van der Waals surface area (Å²) in [6, 6.07) is 11.1. The minimum absolute atomic E-state index is 0.0853. The third-order valence-corrected chi connectivity index (χ3v) is 4.95. The number of carbonyl (C=O) groups is 2. The average Bonchev–Trinajstić information content (AvgIpc) is 3.12. The Morgan fingerprint density at radius 2 is 1.81 bits per heavy atom. The van der Waals surface area contributed by atoms with Gasteiger partial charge in [0.2, 0.25) is 0 Å². The van der Waals surface area contributed by atoms with E-state index in [0.717, 1.165) is 6.26 Å². The van der Waals surface area contributed by atoms with Crippen molar-refractivity contribution in [3.8, 4) is 0 Å². The first-order valence-electron chi connectivity index (χ1n) is 9.11. The van der Waals surface area contributed by atoms with Crippen molar-refractivity contribution in [1.82, 2.24) is 5.32 Å². The van der Waals surface area contributed by atoms with E-state index >= 15 is 0 Å². The quantitative estimate of drug-likeness (QED) is 0.206. The highest BCUT2D eigenvalue weighted by Gasteiger charge is 2.33. The Hall–Kier alpha value is -3.84. The number of hydrogen-bond donors (Lipinski definition) is 2. The van der Waals surface area contributed by atoms with E-state index in [1.54, 1.807) is 12.1 Å². The number of cyclic esters (lactones) is 1. The maximum Gasteiger partial charge on any atom is 0.414 e. The maximum absolute atomic E-state index is 12.3. The number of amides is 2. The predicted octanol–water partition coefficient (Wildman–Crippen LogP) is 1.65. The van der Waals surface area contributed by atoms with Crippen LogP contribution in [0.5, 0.6) is 0 Å². The molecule has 3 rings (SSSR count). The van der Waals surface area contributed by atoms with E-state index in [9.17, 15) is 28.1 Å². The van der Waals surface area contributed by atoms with Crippen molar-refractivity contribution in [2.24, 2.45) is 0 Å². The van der Waals surface area contributed by atoms with Gasteiger partial charge in [0, 0.05) is 28.9 Å². The molecule has 1 heterocycles. The van der Waals surface area contributed by atoms with Crippen molar-refractivity contribution >= 4 is 39.3 Å². The molecular formula is C19H18N4O8S. The van der Waals surface area contributed by atoms with Gasteiger partial charge in [-0.05, 0) is 36.4 Å². The summed E-state index contributed by atoms with van der Waals surface area (Å²) < 4.78 is 31.9. The van der Waals surface area contributed by atoms with E-state index in [4.69, 9.17) is 10.1 Å². The molecule has 0 radical (unpaired) electrons. The van der Waals surface area contributed by atoms with Gasteiger partial charge in [-0.25, -0.2) is 4.79 Å². The summed E-state index contributed by atoms with van der Waals surface area (Å²) in [5.74, 6) is -0.811. The average molecular weight is 462 g/mol. The molecular weight excluding hydrogens is 444 g/mol. The molecule has 0 aliphatic carbocycles. The lowest BCUT2D eigenvalue weighted by Crippen LogP contribution is -2.30. The second kappa shape index (κ2) is 9.11. The van der Waals surface area contributed by atoms with Gasteiger partial charge in [0.1, 0.15) is 18.5 Å². The van der Waals surface area contributed by atoms with Gasteiger partial charge in [0.05, 0.1) is 17.7 Å². The third-order valence-electron chi connectivity index (χ3n) is 4.39. The molecule has 1 unspecified atom stereocenters. The molecule has 1 aliphatic heterocycles. The monoisotopic (exact) mass is 462 g/mol. The fourth-order valence-corrected chi connectivity index (χ4v) is 3.22. The van der Waals surface area contributed by atoms with E-state index in [1.807, 2.05) is 0 Å². The van der Waals surface area contributed by atoms with Crippen LogP contribution in [0.1, 0.15) is 15.9 Å². The number of amidine groups is 1. The lowest BCUT2D eigenvalue weighted by molar-refractivity contribution is -0.384. The van der Waals surface area contributed by atoms with Crippen molar-refractivity contribution in [2.45, 2.75) is 6.10 Å². The molecule has 2 aromatic carbocycles. The lowest BCUT2D eigenvalue weighted by Gasteiger charge is -2.14. The SMILES string of the molecule is CS(=O)(=O)OCC1CN(c2ccc(C(=N)NC(=O)c3ccc([N+](=O)[O-])cc3)cc2)C(=O)O1. The molecule has 1 fully saturated rings. The number of hydrogen-bond acceptors (Lipinski definition) is 9. The molecule has 1 aliphatic rings. The van der Waals surface area contributed by atoms with Gasteiger partial charge in [-0.15, -0.1) is 0 Å². The van der Waals surface area contributed by atoms with E-state index < -0.39 is 33.1 Å². The summed E-state index contributed by atoms with van der Waals surface area (Å²) in [6.07, 6.45) is -0.520. The largest absolute Gasteiger partial charge is 0.441 e. The summed E-state index contributed by atoms with van der Waals surface area (Å²) in [7, 11) is -3.66. The molecule has 1 atom stereocenters. The van der Waals surface area contributed by atoms with Crippen LogP contribution in [0.25, 0.3) is 0 Å². The Morgan fingerprint density at radius 1 is 1.22 bits per heavy atom. The number of anilines is 1. The van der Waals surface area contributed by atoms with E-state index in [0.29, 0.717) is 11.3 Å². The van der Waals surface area contributed by atoms with Crippen molar-refractivity contribution in [3.63, 3.8) is 0 Å². The van der Waals surface area contributed by atoms with Crippen LogP contribution >= 0.6 is 0 Å². The van der Waals surface area contributed by atoms with Crippen LogP contribution in [0.3, 0.4) is 0 Å². The summed E-state index contributed by atoms with van der Waals surface area (Å²) in [4.78, 5) is 35.7. The predicted molar refractivity (Wildman–Crippen MR) is 112 cm³/mol. The first-order chi connectivity index (χ1) is 15.0. The number of benzene rings is 2. The molecule has 1 saturated heterocycles. The maximum atomic E-state index is 12.3. The number of rotatable bonds is 7. The number of nitrogens with zero attached hydrogens (tertiary/aromatic N) is 2. The van der Waals surface area contributed by atoms with Crippen molar-refractivity contribution in [2.75, 3.05) is 24.3 Å². The topological polar surface area (TPSA) is 169 Å². The molecule has 0 saturated carbocycles. The highest BCUT2D eigenvalue weighted by molar-refractivity contribution is 7.85. The minimum Gasteiger partial charge on any atom is -0.441 e. The Bertz CT molecular complexity index is 1160. The van der Waals surface area contributed by atoms with Crippen molar-refractivity contribution < 1.29 is 31.9 Å². The Balaban J connectivity index is 1.61. The fraction of sp³-hybridized carbons (Fsp3) is 0.211. The van der Waals surface area contributed by atoms with Gasteiger partial charge in [-0.1, -0.05) is 0 Å². The molecule has 2 aromatic rings. The van der Waals surface area contributed by atoms with Crippen LogP contribution in [0.15, 0.2) is 48.5 Å². The Kier molecular flexibility index (Phi) is 6.50. The Morgan fingerprint density at radius 3 is 2.38 bits per heavy atom. The van der Waals surface area contributed by atoms with Gasteiger partial charge < -0.3 is 10.1 Å².